The van der Waals surface area contributed by atoms with Crippen LogP contribution in [0.3, 0.4) is 0 Å². The Balaban J connectivity index is 1.90. The van der Waals surface area contributed by atoms with Gasteiger partial charge in [0.05, 0.1) is 6.21 Å². The first kappa shape index (κ1) is 14.8. The van der Waals surface area contributed by atoms with Crippen molar-refractivity contribution in [3.05, 3.63) is 34.4 Å². The number of aromatic amines is 1. The van der Waals surface area contributed by atoms with E-state index in [1.165, 1.54) is 37.6 Å². The highest BCUT2D eigenvalue weighted by Gasteiger charge is 2.21. The number of phenols is 2. The molecule has 22 heavy (non-hydrogen) atoms. The van der Waals surface area contributed by atoms with Gasteiger partial charge in [0.2, 0.25) is 4.77 Å². The summed E-state index contributed by atoms with van der Waals surface area (Å²) in [5.41, 5.74) is 0.510. The lowest BCUT2D eigenvalue weighted by Crippen LogP contribution is -2.10. The molecule has 0 atom stereocenters. The summed E-state index contributed by atoms with van der Waals surface area (Å²) >= 11 is 5.24. The summed E-state index contributed by atoms with van der Waals surface area (Å²) in [6, 6.07) is 4.37. The van der Waals surface area contributed by atoms with Crippen LogP contribution in [0, 0.1) is 4.77 Å². The molecular formula is C15H18N4O2S. The Morgan fingerprint density at radius 3 is 2.77 bits per heavy atom. The number of H-pyrrole nitrogens is 1. The molecule has 3 rings (SSSR count). The third kappa shape index (κ3) is 3.04. The molecule has 1 heterocycles. The second-order valence-corrected chi connectivity index (χ2v) is 5.91. The summed E-state index contributed by atoms with van der Waals surface area (Å²) in [4.78, 5) is 0. The zero-order chi connectivity index (χ0) is 15.5. The summed E-state index contributed by atoms with van der Waals surface area (Å²) < 4.78 is 2.06. The molecule has 116 valence electrons. The molecular weight excluding hydrogens is 300 g/mol. The van der Waals surface area contributed by atoms with Gasteiger partial charge in [0.15, 0.2) is 5.82 Å². The minimum Gasteiger partial charge on any atom is -0.508 e. The van der Waals surface area contributed by atoms with E-state index in [2.05, 4.69) is 15.3 Å². The van der Waals surface area contributed by atoms with Crippen LogP contribution < -0.4 is 0 Å². The van der Waals surface area contributed by atoms with Crippen LogP contribution >= 0.6 is 12.2 Å². The van der Waals surface area contributed by atoms with E-state index >= 15 is 0 Å². The van der Waals surface area contributed by atoms with Gasteiger partial charge in [-0.05, 0) is 37.2 Å². The highest BCUT2D eigenvalue weighted by molar-refractivity contribution is 7.71. The van der Waals surface area contributed by atoms with E-state index in [0.717, 1.165) is 18.7 Å². The number of nitrogens with zero attached hydrogens (tertiary/aromatic N) is 3. The average Bonchev–Trinajstić information content (AvgIpc) is 2.88. The topological polar surface area (TPSA) is 86.4 Å². The molecule has 1 aromatic heterocycles. The number of benzene rings is 1. The van der Waals surface area contributed by atoms with Gasteiger partial charge in [-0.25, -0.2) is 0 Å². The molecule has 3 N–H and O–H groups in total. The van der Waals surface area contributed by atoms with E-state index < -0.39 is 0 Å². The summed E-state index contributed by atoms with van der Waals surface area (Å²) in [6.07, 6.45) is 7.39. The number of aromatic hydroxyl groups is 2. The van der Waals surface area contributed by atoms with E-state index in [1.54, 1.807) is 10.7 Å². The van der Waals surface area contributed by atoms with Gasteiger partial charge in [-0.1, -0.05) is 19.3 Å². The second kappa shape index (κ2) is 6.31. The molecule has 1 saturated carbocycles. The van der Waals surface area contributed by atoms with Gasteiger partial charge in [0, 0.05) is 17.5 Å². The zero-order valence-electron chi connectivity index (χ0n) is 12.1. The van der Waals surface area contributed by atoms with Crippen molar-refractivity contribution >= 4 is 18.4 Å². The summed E-state index contributed by atoms with van der Waals surface area (Å²) in [5, 5.41) is 30.6. The molecule has 6 nitrogen and oxygen atoms in total. The smallest absolute Gasteiger partial charge is 0.216 e. The molecule has 1 aromatic carbocycles. The van der Waals surface area contributed by atoms with E-state index in [-0.39, 0.29) is 11.5 Å². The van der Waals surface area contributed by atoms with Gasteiger partial charge in [-0.15, -0.1) is 0 Å². The minimum atomic E-state index is -0.0296. The fraction of sp³-hybridized carbons (Fsp3) is 0.400. The maximum absolute atomic E-state index is 9.80. The van der Waals surface area contributed by atoms with Crippen LogP contribution in [0.1, 0.15) is 49.4 Å². The number of nitrogens with one attached hydrogen (secondary N) is 1. The van der Waals surface area contributed by atoms with E-state index in [4.69, 9.17) is 12.2 Å². The lowest BCUT2D eigenvalue weighted by atomic mass is 9.89. The Hall–Kier alpha value is -2.15. The Morgan fingerprint density at radius 2 is 2.05 bits per heavy atom. The normalized spacial score (nSPS) is 16.4. The maximum Gasteiger partial charge on any atom is 0.216 e. The standard InChI is InChI=1S/C15H18N4O2S/c20-12-7-6-11(13(21)8-12)9-16-19-14(17-18-15(19)22)10-4-2-1-3-5-10/h6-10,20-21H,1-5H2,(H,18,22)/b16-9+. The summed E-state index contributed by atoms with van der Waals surface area (Å²) in [6.45, 7) is 0. The molecule has 0 aliphatic heterocycles. The van der Waals surface area contributed by atoms with Crippen molar-refractivity contribution in [3.63, 3.8) is 0 Å². The SMILES string of the molecule is Oc1ccc(/C=N/n2c(C3CCCCC3)n[nH]c2=S)c(O)c1. The third-order valence-corrected chi connectivity index (χ3v) is 4.24. The molecule has 0 bridgehead atoms. The minimum absolute atomic E-state index is 0.0115. The first-order chi connectivity index (χ1) is 10.6. The lowest BCUT2D eigenvalue weighted by molar-refractivity contribution is 0.419. The van der Waals surface area contributed by atoms with Crippen molar-refractivity contribution in [2.45, 2.75) is 38.0 Å². The van der Waals surface area contributed by atoms with Crippen LogP contribution in [0.5, 0.6) is 11.5 Å². The quantitative estimate of drug-likeness (QED) is 0.599. The van der Waals surface area contributed by atoms with Gasteiger partial charge < -0.3 is 10.2 Å². The van der Waals surface area contributed by atoms with Crippen LogP contribution in [0.25, 0.3) is 0 Å². The van der Waals surface area contributed by atoms with Crippen molar-refractivity contribution in [1.29, 1.82) is 0 Å². The van der Waals surface area contributed by atoms with Crippen LogP contribution in [0.4, 0.5) is 0 Å². The Labute approximate surface area is 133 Å². The number of hydrogen-bond acceptors (Lipinski definition) is 5. The largest absolute Gasteiger partial charge is 0.508 e. The average molecular weight is 318 g/mol. The van der Waals surface area contributed by atoms with Gasteiger partial charge in [-0.3, -0.25) is 5.10 Å². The van der Waals surface area contributed by atoms with Gasteiger partial charge in [0.1, 0.15) is 11.5 Å². The molecule has 1 fully saturated rings. The fourth-order valence-corrected chi connectivity index (χ4v) is 2.99. The highest BCUT2D eigenvalue weighted by Crippen LogP contribution is 2.31. The highest BCUT2D eigenvalue weighted by atomic mass is 32.1. The van der Waals surface area contributed by atoms with Crippen molar-refractivity contribution in [2.75, 3.05) is 0 Å². The molecule has 0 spiro atoms. The van der Waals surface area contributed by atoms with Crippen LogP contribution in [-0.2, 0) is 0 Å². The number of hydrogen-bond donors (Lipinski definition) is 3. The van der Waals surface area contributed by atoms with Crippen LogP contribution in [0.15, 0.2) is 23.3 Å². The van der Waals surface area contributed by atoms with Crippen molar-refractivity contribution in [3.8, 4) is 11.5 Å². The summed E-state index contributed by atoms with van der Waals surface area (Å²) in [7, 11) is 0. The lowest BCUT2D eigenvalue weighted by Gasteiger charge is -2.19. The van der Waals surface area contributed by atoms with E-state index in [9.17, 15) is 10.2 Å². The molecule has 1 aliphatic rings. The van der Waals surface area contributed by atoms with E-state index in [0.29, 0.717) is 16.3 Å². The van der Waals surface area contributed by atoms with Crippen molar-refractivity contribution in [2.24, 2.45) is 5.10 Å². The monoisotopic (exact) mass is 318 g/mol. The fourth-order valence-electron chi connectivity index (χ4n) is 2.80. The van der Waals surface area contributed by atoms with Crippen molar-refractivity contribution in [1.82, 2.24) is 14.9 Å². The maximum atomic E-state index is 9.80. The molecule has 0 saturated heterocycles. The van der Waals surface area contributed by atoms with Gasteiger partial charge in [-0.2, -0.15) is 14.9 Å². The molecule has 7 heteroatoms. The first-order valence-electron chi connectivity index (χ1n) is 7.39. The third-order valence-electron chi connectivity index (χ3n) is 3.97. The Kier molecular flexibility index (Phi) is 4.24. The molecule has 0 radical (unpaired) electrons. The van der Waals surface area contributed by atoms with Crippen LogP contribution in [0.2, 0.25) is 0 Å². The molecule has 1 aliphatic carbocycles. The Morgan fingerprint density at radius 1 is 1.27 bits per heavy atom. The first-order valence-corrected chi connectivity index (χ1v) is 7.79. The number of aromatic nitrogens is 3. The van der Waals surface area contributed by atoms with Gasteiger partial charge >= 0.3 is 0 Å². The number of phenolic OH excluding ortho intramolecular Hbond substituents is 2. The number of rotatable bonds is 3. The van der Waals surface area contributed by atoms with Crippen LogP contribution in [-0.4, -0.2) is 31.3 Å². The zero-order valence-corrected chi connectivity index (χ0v) is 12.9. The molecule has 0 amide bonds. The molecule has 0 unspecified atom stereocenters. The summed E-state index contributed by atoms with van der Waals surface area (Å²) in [5.74, 6) is 1.20. The predicted octanol–water partition coefficient (Wildman–Crippen LogP) is 3.28. The van der Waals surface area contributed by atoms with Crippen molar-refractivity contribution < 1.29 is 10.2 Å². The van der Waals surface area contributed by atoms with Gasteiger partial charge in [0.25, 0.3) is 0 Å². The predicted molar refractivity (Wildman–Crippen MR) is 86.0 cm³/mol. The second-order valence-electron chi connectivity index (χ2n) is 5.52. The molecule has 2 aromatic rings. The van der Waals surface area contributed by atoms with E-state index in [1.807, 2.05) is 0 Å². The Bertz CT molecular complexity index is 744.